The summed E-state index contributed by atoms with van der Waals surface area (Å²) in [4.78, 5) is 28.8. The van der Waals surface area contributed by atoms with E-state index in [1.807, 2.05) is 87.5 Å². The van der Waals surface area contributed by atoms with Crippen molar-refractivity contribution in [1.29, 1.82) is 0 Å². The van der Waals surface area contributed by atoms with Crippen molar-refractivity contribution in [3.63, 3.8) is 0 Å². The second-order valence-electron chi connectivity index (χ2n) is 12.6. The van der Waals surface area contributed by atoms with E-state index in [4.69, 9.17) is 4.74 Å². The minimum atomic E-state index is -3.89. The molecule has 45 heavy (non-hydrogen) atoms. The molecule has 3 heterocycles. The number of hydrogen-bond acceptors (Lipinski definition) is 8. The lowest BCUT2D eigenvalue weighted by Gasteiger charge is -2.32. The highest BCUT2D eigenvalue weighted by Gasteiger charge is 2.52. The predicted molar refractivity (Wildman–Crippen MR) is 170 cm³/mol. The number of hydrogen-bond donors (Lipinski definition) is 2. The fourth-order valence-corrected chi connectivity index (χ4v) is 7.68. The first-order chi connectivity index (χ1) is 21.5. The Morgan fingerprint density at radius 3 is 2.11 bits per heavy atom. The maximum atomic E-state index is 13.9. The lowest BCUT2D eigenvalue weighted by Crippen LogP contribution is -2.37. The molecule has 0 aliphatic carbocycles. The van der Waals surface area contributed by atoms with Gasteiger partial charge in [-0.25, -0.2) is 28.2 Å². The van der Waals surface area contributed by atoms with Crippen molar-refractivity contribution in [2.24, 2.45) is 5.41 Å². The van der Waals surface area contributed by atoms with Crippen molar-refractivity contribution < 1.29 is 23.1 Å². The Kier molecular flexibility index (Phi) is 7.78. The number of fused-ring (bicyclic) bond motifs is 1. The van der Waals surface area contributed by atoms with Crippen LogP contribution in [0.15, 0.2) is 114 Å². The summed E-state index contributed by atoms with van der Waals surface area (Å²) in [5.41, 5.74) is 1.89. The van der Waals surface area contributed by atoms with Crippen LogP contribution in [0.1, 0.15) is 48.9 Å². The number of ether oxygens (including phenoxy) is 1. The van der Waals surface area contributed by atoms with E-state index in [1.54, 1.807) is 18.2 Å². The average Bonchev–Trinajstić information content (AvgIpc) is 3.56. The highest BCUT2D eigenvalue weighted by molar-refractivity contribution is 7.90. The number of rotatable bonds is 9. The molecule has 9 nitrogen and oxygen atoms in total. The normalized spacial score (nSPS) is 15.8. The quantitative estimate of drug-likeness (QED) is 0.150. The molecule has 0 saturated heterocycles. The van der Waals surface area contributed by atoms with Gasteiger partial charge in [0.25, 0.3) is 0 Å². The van der Waals surface area contributed by atoms with E-state index in [1.165, 1.54) is 12.7 Å². The Balaban J connectivity index is 1.42. The van der Waals surface area contributed by atoms with E-state index in [0.29, 0.717) is 24.0 Å². The summed E-state index contributed by atoms with van der Waals surface area (Å²) in [5, 5.41) is 12.0. The molecule has 3 aromatic carbocycles. The summed E-state index contributed by atoms with van der Waals surface area (Å²) in [6, 6.07) is 26.4. The summed E-state index contributed by atoms with van der Waals surface area (Å²) in [7, 11) is -3.89. The first kappa shape index (κ1) is 30.2. The molecule has 2 aromatic heterocycles. The number of nitrogens with zero attached hydrogens (tertiary/aromatic N) is 3. The number of sulfone groups is 1. The molecule has 0 bridgehead atoms. The van der Waals surface area contributed by atoms with Crippen LogP contribution >= 0.6 is 0 Å². The first-order valence-corrected chi connectivity index (χ1v) is 16.3. The number of imidazole rings is 1. The molecule has 0 amide bonds. The summed E-state index contributed by atoms with van der Waals surface area (Å²) in [6.45, 7) is 5.96. The zero-order chi connectivity index (χ0) is 31.8. The predicted octanol–water partition coefficient (Wildman–Crippen LogP) is 6.05. The highest BCUT2D eigenvalue weighted by atomic mass is 32.2. The first-order valence-electron chi connectivity index (χ1n) is 14.7. The lowest BCUT2D eigenvalue weighted by molar-refractivity contribution is -0.148. The molecule has 2 N–H and O–H groups in total. The SMILES string of the molecule is CC(C)(C)C(C1=C(O)C(Cc2ccccc2)(Cc2ccccc2)OC1=O)c1cccc(CS(=O)(=O)c2ncnc3nc[nH]c23)c1. The summed E-state index contributed by atoms with van der Waals surface area (Å²) in [6.07, 6.45) is 3.14. The monoisotopic (exact) mass is 622 g/mol. The molecule has 1 atom stereocenters. The summed E-state index contributed by atoms with van der Waals surface area (Å²) >= 11 is 0. The fraction of sp³-hybridized carbons (Fsp3) is 0.257. The number of carbonyl (C=O) groups excluding carboxylic acids is 1. The van der Waals surface area contributed by atoms with Crippen molar-refractivity contribution in [1.82, 2.24) is 19.9 Å². The molecule has 6 rings (SSSR count). The van der Waals surface area contributed by atoms with Crippen molar-refractivity contribution in [2.75, 3.05) is 0 Å². The Labute approximate surface area is 262 Å². The Morgan fingerprint density at radius 2 is 1.49 bits per heavy atom. The van der Waals surface area contributed by atoms with Crippen LogP contribution in [0.25, 0.3) is 11.2 Å². The van der Waals surface area contributed by atoms with Gasteiger partial charge in [0, 0.05) is 18.8 Å². The maximum absolute atomic E-state index is 13.9. The van der Waals surface area contributed by atoms with Gasteiger partial charge in [-0.2, -0.15) is 0 Å². The Morgan fingerprint density at radius 1 is 0.867 bits per heavy atom. The molecule has 1 aliphatic heterocycles. The van der Waals surface area contributed by atoms with Gasteiger partial charge in [-0.1, -0.05) is 106 Å². The summed E-state index contributed by atoms with van der Waals surface area (Å²) in [5.74, 6) is -1.61. The van der Waals surface area contributed by atoms with Crippen LogP contribution in [-0.4, -0.2) is 45.0 Å². The molecule has 1 unspecified atom stereocenters. The van der Waals surface area contributed by atoms with Gasteiger partial charge < -0.3 is 14.8 Å². The molecule has 10 heteroatoms. The molecular weight excluding hydrogens is 588 g/mol. The number of aromatic amines is 1. The highest BCUT2D eigenvalue weighted by Crippen LogP contribution is 2.49. The van der Waals surface area contributed by atoms with Gasteiger partial charge in [-0.3, -0.25) is 0 Å². The van der Waals surface area contributed by atoms with Crippen molar-refractivity contribution in [3.05, 3.63) is 131 Å². The van der Waals surface area contributed by atoms with E-state index in [2.05, 4.69) is 19.9 Å². The van der Waals surface area contributed by atoms with Crippen LogP contribution in [0.2, 0.25) is 0 Å². The van der Waals surface area contributed by atoms with Crippen LogP contribution in [0, 0.1) is 5.41 Å². The van der Waals surface area contributed by atoms with E-state index in [-0.39, 0.29) is 33.3 Å². The van der Waals surface area contributed by atoms with Crippen molar-refractivity contribution in [3.8, 4) is 0 Å². The minimum Gasteiger partial charge on any atom is -0.507 e. The molecule has 230 valence electrons. The van der Waals surface area contributed by atoms with E-state index in [0.717, 1.165) is 11.1 Å². The van der Waals surface area contributed by atoms with Crippen LogP contribution in [0.4, 0.5) is 0 Å². The largest absolute Gasteiger partial charge is 0.507 e. The third-order valence-corrected chi connectivity index (χ3v) is 9.75. The number of nitrogens with one attached hydrogen (secondary N) is 1. The zero-order valence-electron chi connectivity index (χ0n) is 25.3. The third kappa shape index (κ3) is 5.98. The van der Waals surface area contributed by atoms with Crippen LogP contribution in [0.5, 0.6) is 0 Å². The van der Waals surface area contributed by atoms with Gasteiger partial charge in [-0.05, 0) is 27.7 Å². The van der Waals surface area contributed by atoms with Gasteiger partial charge >= 0.3 is 5.97 Å². The topological polar surface area (TPSA) is 135 Å². The van der Waals surface area contributed by atoms with E-state index < -0.39 is 32.7 Å². The maximum Gasteiger partial charge on any atom is 0.339 e. The third-order valence-electron chi connectivity index (χ3n) is 8.14. The van der Waals surface area contributed by atoms with Crippen LogP contribution in [0.3, 0.4) is 0 Å². The van der Waals surface area contributed by atoms with Crippen molar-refractivity contribution >= 4 is 27.0 Å². The molecular formula is C35H34N4O5S. The Hall–Kier alpha value is -4.83. The van der Waals surface area contributed by atoms with Crippen LogP contribution in [-0.2, 0) is 38.0 Å². The summed E-state index contributed by atoms with van der Waals surface area (Å²) < 4.78 is 33.2. The number of carbonyl (C=O) groups is 1. The Bertz CT molecular complexity index is 1960. The molecule has 0 saturated carbocycles. The molecule has 0 spiro atoms. The number of cyclic esters (lactones) is 1. The zero-order valence-corrected chi connectivity index (χ0v) is 26.1. The van der Waals surface area contributed by atoms with Gasteiger partial charge in [0.2, 0.25) is 9.84 Å². The van der Waals surface area contributed by atoms with Gasteiger partial charge in [0.05, 0.1) is 17.7 Å². The average molecular weight is 623 g/mol. The van der Waals surface area contributed by atoms with Crippen molar-refractivity contribution in [2.45, 2.75) is 55.9 Å². The number of benzene rings is 3. The molecule has 5 aromatic rings. The second-order valence-corrected chi connectivity index (χ2v) is 14.5. The molecule has 0 fully saturated rings. The van der Waals surface area contributed by atoms with Gasteiger partial charge in [0.1, 0.15) is 17.6 Å². The fourth-order valence-electron chi connectivity index (χ4n) is 6.26. The smallest absolute Gasteiger partial charge is 0.339 e. The number of aromatic nitrogens is 4. The second kappa shape index (κ2) is 11.6. The number of esters is 1. The van der Waals surface area contributed by atoms with E-state index in [9.17, 15) is 18.3 Å². The molecule has 1 aliphatic rings. The number of aliphatic hydroxyl groups excluding tert-OH is 1. The molecule has 0 radical (unpaired) electrons. The standard InChI is InChI=1S/C35H34N4O5S/c1-34(2,3)28(26-16-10-15-25(17-26)20-45(42,43)32-29-31(37-21-36-29)38-22-39-32)27-30(40)35(44-33(27)41,18-23-11-6-4-7-12-23)19-24-13-8-5-9-14-24/h4-17,21-22,28,40H,18-20H2,1-3H3,(H,36,37,38,39). The van der Waals surface area contributed by atoms with Crippen LogP contribution < -0.4 is 0 Å². The number of H-pyrrole nitrogens is 1. The lowest BCUT2D eigenvalue weighted by atomic mass is 9.71. The number of aliphatic hydroxyl groups is 1. The van der Waals surface area contributed by atoms with Gasteiger partial charge in [0.15, 0.2) is 16.3 Å². The van der Waals surface area contributed by atoms with E-state index >= 15 is 0 Å². The van der Waals surface area contributed by atoms with Gasteiger partial charge in [-0.15, -0.1) is 0 Å². The minimum absolute atomic E-state index is 0.0965.